The number of thioether (sulfide) groups is 1. The smallest absolute Gasteiger partial charge is 0.291 e. The van der Waals surface area contributed by atoms with Crippen LogP contribution in [0.2, 0.25) is 0 Å². The van der Waals surface area contributed by atoms with Gasteiger partial charge in [0.1, 0.15) is 11.5 Å². The summed E-state index contributed by atoms with van der Waals surface area (Å²) in [6.45, 7) is 5.89. The summed E-state index contributed by atoms with van der Waals surface area (Å²) in [7, 11) is 1.94. The molecule has 0 spiro atoms. The van der Waals surface area contributed by atoms with Crippen molar-refractivity contribution < 1.29 is 13.9 Å². The standard InChI is InChI=1S/C20H23N3O3S/c1-13(2)25-15-5-7-17(14(3)11-15)22-19(24)18-8-6-16(26-18)12-27-20-21-9-10-23(20)4/h5-11,13H,12H2,1-4H3,(H,22,24). The molecular formula is C20H23N3O3S. The van der Waals surface area contributed by atoms with Gasteiger partial charge in [-0.3, -0.25) is 4.79 Å². The van der Waals surface area contributed by atoms with Crippen LogP contribution >= 0.6 is 11.8 Å². The van der Waals surface area contributed by atoms with Gasteiger partial charge in [0.2, 0.25) is 0 Å². The van der Waals surface area contributed by atoms with E-state index >= 15 is 0 Å². The predicted molar refractivity (Wildman–Crippen MR) is 106 cm³/mol. The van der Waals surface area contributed by atoms with Crippen molar-refractivity contribution in [1.29, 1.82) is 0 Å². The molecule has 1 aromatic carbocycles. The van der Waals surface area contributed by atoms with Crippen LogP contribution in [0.25, 0.3) is 0 Å². The Hall–Kier alpha value is -2.67. The quantitative estimate of drug-likeness (QED) is 0.599. The van der Waals surface area contributed by atoms with Crippen LogP contribution in [0.15, 0.2) is 52.3 Å². The second-order valence-electron chi connectivity index (χ2n) is 6.47. The molecule has 2 heterocycles. The first-order valence-corrected chi connectivity index (χ1v) is 9.68. The van der Waals surface area contributed by atoms with Crippen LogP contribution in [0.5, 0.6) is 5.75 Å². The number of benzene rings is 1. The summed E-state index contributed by atoms with van der Waals surface area (Å²) in [5.74, 6) is 2.13. The first-order valence-electron chi connectivity index (χ1n) is 8.70. The number of rotatable bonds is 7. The van der Waals surface area contributed by atoms with Gasteiger partial charge in [-0.15, -0.1) is 0 Å². The largest absolute Gasteiger partial charge is 0.491 e. The molecule has 1 amide bonds. The Labute approximate surface area is 162 Å². The number of hydrogen-bond donors (Lipinski definition) is 1. The zero-order valence-corrected chi connectivity index (χ0v) is 16.7. The molecule has 3 rings (SSSR count). The van der Waals surface area contributed by atoms with E-state index in [1.54, 1.807) is 24.0 Å². The van der Waals surface area contributed by atoms with Crippen LogP contribution in [-0.4, -0.2) is 21.6 Å². The number of hydrogen-bond acceptors (Lipinski definition) is 5. The monoisotopic (exact) mass is 385 g/mol. The molecule has 0 saturated carbocycles. The van der Waals surface area contributed by atoms with Crippen LogP contribution in [0.4, 0.5) is 5.69 Å². The molecule has 0 atom stereocenters. The summed E-state index contributed by atoms with van der Waals surface area (Å²) in [4.78, 5) is 16.7. The van der Waals surface area contributed by atoms with Crippen LogP contribution in [0.1, 0.15) is 35.7 Å². The van der Waals surface area contributed by atoms with E-state index in [0.717, 1.165) is 27.9 Å². The average Bonchev–Trinajstić information content (AvgIpc) is 3.24. The summed E-state index contributed by atoms with van der Waals surface area (Å²) in [6.07, 6.45) is 3.75. The van der Waals surface area contributed by atoms with Crippen molar-refractivity contribution in [3.8, 4) is 5.75 Å². The Morgan fingerprint density at radius 1 is 1.33 bits per heavy atom. The predicted octanol–water partition coefficient (Wildman–Crippen LogP) is 4.65. The van der Waals surface area contributed by atoms with Gasteiger partial charge in [-0.2, -0.15) is 0 Å². The van der Waals surface area contributed by atoms with Gasteiger partial charge >= 0.3 is 0 Å². The third-order valence-corrected chi connectivity index (χ3v) is 4.90. The lowest BCUT2D eigenvalue weighted by Gasteiger charge is -2.12. The molecule has 0 radical (unpaired) electrons. The minimum Gasteiger partial charge on any atom is -0.491 e. The maximum Gasteiger partial charge on any atom is 0.291 e. The molecule has 3 aromatic rings. The summed E-state index contributed by atoms with van der Waals surface area (Å²) in [6, 6.07) is 9.10. The molecule has 142 valence electrons. The topological polar surface area (TPSA) is 69.3 Å². The van der Waals surface area contributed by atoms with Crippen LogP contribution in [-0.2, 0) is 12.8 Å². The zero-order chi connectivity index (χ0) is 19.4. The van der Waals surface area contributed by atoms with Gasteiger partial charge in [-0.05, 0) is 56.7 Å². The first kappa shape index (κ1) is 19.1. The van der Waals surface area contributed by atoms with Crippen molar-refractivity contribution in [2.75, 3.05) is 5.32 Å². The van der Waals surface area contributed by atoms with Crippen molar-refractivity contribution in [2.24, 2.45) is 7.05 Å². The van der Waals surface area contributed by atoms with Gasteiger partial charge in [-0.1, -0.05) is 11.8 Å². The van der Waals surface area contributed by atoms with E-state index in [0.29, 0.717) is 5.75 Å². The number of carbonyl (C=O) groups is 1. The third kappa shape index (κ3) is 4.95. The van der Waals surface area contributed by atoms with Gasteiger partial charge in [-0.25, -0.2) is 4.98 Å². The Bertz CT molecular complexity index is 930. The summed E-state index contributed by atoms with van der Waals surface area (Å²) >= 11 is 1.56. The van der Waals surface area contributed by atoms with E-state index in [-0.39, 0.29) is 17.8 Å². The van der Waals surface area contributed by atoms with Crippen molar-refractivity contribution >= 4 is 23.4 Å². The van der Waals surface area contributed by atoms with E-state index < -0.39 is 0 Å². The van der Waals surface area contributed by atoms with Crippen LogP contribution in [0.3, 0.4) is 0 Å². The first-order chi connectivity index (χ1) is 12.9. The van der Waals surface area contributed by atoms with Crippen LogP contribution in [0, 0.1) is 6.92 Å². The molecule has 0 aliphatic carbocycles. The Morgan fingerprint density at radius 2 is 2.15 bits per heavy atom. The molecule has 27 heavy (non-hydrogen) atoms. The highest BCUT2D eigenvalue weighted by Gasteiger charge is 2.14. The van der Waals surface area contributed by atoms with Crippen molar-refractivity contribution in [3.05, 3.63) is 59.8 Å². The molecule has 0 fully saturated rings. The van der Waals surface area contributed by atoms with Crippen molar-refractivity contribution in [1.82, 2.24) is 9.55 Å². The summed E-state index contributed by atoms with van der Waals surface area (Å²) in [5.41, 5.74) is 1.66. The van der Waals surface area contributed by atoms with Crippen molar-refractivity contribution in [2.45, 2.75) is 37.8 Å². The second-order valence-corrected chi connectivity index (χ2v) is 7.42. The minimum absolute atomic E-state index is 0.106. The van der Waals surface area contributed by atoms with Gasteiger partial charge in [0.15, 0.2) is 10.9 Å². The number of carbonyl (C=O) groups excluding carboxylic acids is 1. The number of aromatic nitrogens is 2. The maximum atomic E-state index is 12.5. The SMILES string of the molecule is Cc1cc(OC(C)C)ccc1NC(=O)c1ccc(CSc2nccn2C)o1. The van der Waals surface area contributed by atoms with Crippen molar-refractivity contribution in [3.63, 3.8) is 0 Å². The summed E-state index contributed by atoms with van der Waals surface area (Å²) < 4.78 is 13.3. The Balaban J connectivity index is 1.61. The molecule has 6 nitrogen and oxygen atoms in total. The molecule has 0 aliphatic heterocycles. The fraction of sp³-hybridized carbons (Fsp3) is 0.300. The number of amides is 1. The molecule has 0 saturated heterocycles. The fourth-order valence-corrected chi connectivity index (χ4v) is 3.34. The maximum absolute atomic E-state index is 12.5. The Kier molecular flexibility index (Phi) is 5.91. The number of furan rings is 1. The van der Waals surface area contributed by atoms with Gasteiger partial charge in [0, 0.05) is 25.1 Å². The second kappa shape index (κ2) is 8.35. The van der Waals surface area contributed by atoms with E-state index in [1.165, 1.54) is 0 Å². The average molecular weight is 385 g/mol. The lowest BCUT2D eigenvalue weighted by molar-refractivity contribution is 0.0995. The fourth-order valence-electron chi connectivity index (χ4n) is 2.51. The van der Waals surface area contributed by atoms with Crippen LogP contribution < -0.4 is 10.1 Å². The molecule has 1 N–H and O–H groups in total. The molecule has 0 aliphatic rings. The Morgan fingerprint density at radius 3 is 2.81 bits per heavy atom. The number of aryl methyl sites for hydroxylation is 2. The van der Waals surface area contributed by atoms with E-state index in [9.17, 15) is 4.79 Å². The molecule has 7 heteroatoms. The molecule has 0 unspecified atom stereocenters. The number of anilines is 1. The van der Waals surface area contributed by atoms with E-state index in [1.807, 2.05) is 62.8 Å². The van der Waals surface area contributed by atoms with Gasteiger partial charge in [0.25, 0.3) is 5.91 Å². The molecule has 2 aromatic heterocycles. The number of nitrogens with one attached hydrogen (secondary N) is 1. The minimum atomic E-state index is -0.274. The number of ether oxygens (including phenoxy) is 1. The van der Waals surface area contributed by atoms with Gasteiger partial charge < -0.3 is 19.0 Å². The lowest BCUT2D eigenvalue weighted by Crippen LogP contribution is -2.12. The summed E-state index contributed by atoms with van der Waals surface area (Å²) in [5, 5.41) is 3.79. The zero-order valence-electron chi connectivity index (χ0n) is 15.9. The highest BCUT2D eigenvalue weighted by Crippen LogP contribution is 2.24. The molecule has 0 bridgehead atoms. The van der Waals surface area contributed by atoms with E-state index in [2.05, 4.69) is 10.3 Å². The highest BCUT2D eigenvalue weighted by atomic mass is 32.2. The number of imidazole rings is 1. The molecular weight excluding hydrogens is 362 g/mol. The van der Waals surface area contributed by atoms with Gasteiger partial charge in [0.05, 0.1) is 11.9 Å². The normalized spacial score (nSPS) is 11.0. The number of nitrogens with zero attached hydrogens (tertiary/aromatic N) is 2. The third-order valence-electron chi connectivity index (χ3n) is 3.82. The lowest BCUT2D eigenvalue weighted by atomic mass is 10.2. The van der Waals surface area contributed by atoms with E-state index in [4.69, 9.17) is 9.15 Å². The highest BCUT2D eigenvalue weighted by molar-refractivity contribution is 7.98.